The predicted molar refractivity (Wildman–Crippen MR) is 100.0 cm³/mol. The monoisotopic (exact) mass is 376 g/mol. The van der Waals surface area contributed by atoms with Crippen LogP contribution in [0.3, 0.4) is 0 Å². The van der Waals surface area contributed by atoms with Crippen molar-refractivity contribution >= 4 is 16.8 Å². The summed E-state index contributed by atoms with van der Waals surface area (Å²) in [5.41, 5.74) is 1.24. The van der Waals surface area contributed by atoms with Crippen LogP contribution in [0, 0.1) is 0 Å². The molecule has 3 aromatic heterocycles. The Hall–Kier alpha value is -3.88. The van der Waals surface area contributed by atoms with E-state index < -0.39 is 0 Å². The number of pyridine rings is 1. The number of nitrogens with zero attached hydrogens (tertiary/aromatic N) is 5. The lowest BCUT2D eigenvalue weighted by Crippen LogP contribution is -2.27. The molecule has 0 fully saturated rings. The van der Waals surface area contributed by atoms with Crippen molar-refractivity contribution in [3.8, 4) is 11.4 Å². The third-order valence-corrected chi connectivity index (χ3v) is 4.15. The standard InChI is InChI=1S/C19H16N6O3/c26-16(7-10-25-12-22-15-4-2-1-3-14(15)19(25)27)21-11-17-23-18(24-28-17)13-5-8-20-9-6-13/h1-6,8-9,12H,7,10-11H2,(H,21,26). The van der Waals surface area contributed by atoms with Gasteiger partial charge in [0.15, 0.2) is 0 Å². The van der Waals surface area contributed by atoms with Gasteiger partial charge in [0.1, 0.15) is 0 Å². The molecule has 0 aliphatic rings. The fraction of sp³-hybridized carbons (Fsp3) is 0.158. The van der Waals surface area contributed by atoms with Gasteiger partial charge < -0.3 is 9.84 Å². The number of amides is 1. The second kappa shape index (κ2) is 7.78. The van der Waals surface area contributed by atoms with Gasteiger partial charge in [0.05, 0.1) is 23.8 Å². The minimum Gasteiger partial charge on any atom is -0.347 e. The number of fused-ring (bicyclic) bond motifs is 1. The van der Waals surface area contributed by atoms with Crippen LogP contribution < -0.4 is 10.9 Å². The number of aryl methyl sites for hydroxylation is 1. The van der Waals surface area contributed by atoms with Gasteiger partial charge in [-0.15, -0.1) is 0 Å². The van der Waals surface area contributed by atoms with Crippen molar-refractivity contribution in [2.75, 3.05) is 0 Å². The SMILES string of the molecule is O=C(CCn1cnc2ccccc2c1=O)NCc1nc(-c2ccncc2)no1. The van der Waals surface area contributed by atoms with E-state index in [2.05, 4.69) is 25.4 Å². The van der Waals surface area contributed by atoms with Gasteiger partial charge in [0, 0.05) is 30.9 Å². The quantitative estimate of drug-likeness (QED) is 0.543. The Morgan fingerprint density at radius 1 is 1.14 bits per heavy atom. The summed E-state index contributed by atoms with van der Waals surface area (Å²) in [6.07, 6.45) is 4.86. The summed E-state index contributed by atoms with van der Waals surface area (Å²) in [5.74, 6) is 0.494. The van der Waals surface area contributed by atoms with Gasteiger partial charge in [-0.25, -0.2) is 4.98 Å². The zero-order valence-electron chi connectivity index (χ0n) is 14.8. The van der Waals surface area contributed by atoms with E-state index in [0.717, 1.165) is 5.56 Å². The zero-order valence-corrected chi connectivity index (χ0v) is 14.8. The third kappa shape index (κ3) is 3.78. The Morgan fingerprint density at radius 3 is 2.82 bits per heavy atom. The van der Waals surface area contributed by atoms with Gasteiger partial charge in [0.2, 0.25) is 17.6 Å². The predicted octanol–water partition coefficient (Wildman–Crippen LogP) is 1.55. The molecule has 0 saturated carbocycles. The lowest BCUT2D eigenvalue weighted by molar-refractivity contribution is -0.121. The third-order valence-electron chi connectivity index (χ3n) is 4.15. The van der Waals surface area contributed by atoms with Crippen LogP contribution in [-0.2, 0) is 17.9 Å². The summed E-state index contributed by atoms with van der Waals surface area (Å²) in [4.78, 5) is 36.9. The highest BCUT2D eigenvalue weighted by atomic mass is 16.5. The van der Waals surface area contributed by atoms with Crippen molar-refractivity contribution in [1.29, 1.82) is 0 Å². The van der Waals surface area contributed by atoms with Gasteiger partial charge >= 0.3 is 0 Å². The Labute approximate surface area is 159 Å². The molecule has 140 valence electrons. The van der Waals surface area contributed by atoms with Crippen LogP contribution in [0.4, 0.5) is 0 Å². The van der Waals surface area contributed by atoms with Gasteiger partial charge in [0.25, 0.3) is 5.56 Å². The number of benzene rings is 1. The Kier molecular flexibility index (Phi) is 4.87. The molecule has 1 aromatic carbocycles. The summed E-state index contributed by atoms with van der Waals surface area (Å²) in [7, 11) is 0. The first-order valence-electron chi connectivity index (χ1n) is 8.64. The molecule has 0 bridgehead atoms. The Bertz CT molecular complexity index is 1170. The molecule has 0 unspecified atom stereocenters. The van der Waals surface area contributed by atoms with Crippen LogP contribution in [0.15, 0.2) is 64.4 Å². The van der Waals surface area contributed by atoms with Gasteiger partial charge in [-0.05, 0) is 24.3 Å². The number of rotatable bonds is 6. The number of hydrogen-bond acceptors (Lipinski definition) is 7. The molecular formula is C19H16N6O3. The summed E-state index contributed by atoms with van der Waals surface area (Å²) in [5, 5.41) is 7.11. The molecule has 4 aromatic rings. The summed E-state index contributed by atoms with van der Waals surface area (Å²) >= 11 is 0. The molecular weight excluding hydrogens is 360 g/mol. The number of carbonyl (C=O) groups is 1. The highest BCUT2D eigenvalue weighted by Gasteiger charge is 2.10. The van der Waals surface area contributed by atoms with Crippen LogP contribution in [0.1, 0.15) is 12.3 Å². The van der Waals surface area contributed by atoms with Crippen molar-refractivity contribution in [3.05, 3.63) is 71.4 Å². The molecule has 28 heavy (non-hydrogen) atoms. The second-order valence-electron chi connectivity index (χ2n) is 6.03. The molecule has 1 N–H and O–H groups in total. The maximum Gasteiger partial charge on any atom is 0.261 e. The van der Waals surface area contributed by atoms with Crippen molar-refractivity contribution in [2.24, 2.45) is 0 Å². The van der Waals surface area contributed by atoms with E-state index in [9.17, 15) is 9.59 Å². The van der Waals surface area contributed by atoms with Crippen LogP contribution in [-0.4, -0.2) is 30.6 Å². The fourth-order valence-corrected chi connectivity index (χ4v) is 2.69. The molecule has 0 aliphatic heterocycles. The van der Waals surface area contributed by atoms with Crippen molar-refractivity contribution in [2.45, 2.75) is 19.5 Å². The number of para-hydroxylation sites is 1. The zero-order chi connectivity index (χ0) is 19.3. The van der Waals surface area contributed by atoms with Crippen molar-refractivity contribution in [1.82, 2.24) is 30.0 Å². The topological polar surface area (TPSA) is 116 Å². The highest BCUT2D eigenvalue weighted by Crippen LogP contribution is 2.13. The maximum absolute atomic E-state index is 12.4. The lowest BCUT2D eigenvalue weighted by Gasteiger charge is -2.06. The molecule has 9 heteroatoms. The molecule has 1 amide bonds. The Balaban J connectivity index is 1.34. The summed E-state index contributed by atoms with van der Waals surface area (Å²) in [6.45, 7) is 0.344. The minimum atomic E-state index is -0.233. The average Bonchev–Trinajstić information content (AvgIpc) is 3.22. The van der Waals surface area contributed by atoms with Gasteiger partial charge in [-0.2, -0.15) is 4.98 Å². The molecule has 0 spiro atoms. The molecule has 4 rings (SSSR count). The van der Waals surface area contributed by atoms with E-state index in [1.807, 2.05) is 6.07 Å². The summed E-state index contributed by atoms with van der Waals surface area (Å²) in [6, 6.07) is 10.6. The van der Waals surface area contributed by atoms with Crippen molar-refractivity contribution < 1.29 is 9.32 Å². The van der Waals surface area contributed by atoms with Crippen LogP contribution in [0.25, 0.3) is 22.3 Å². The molecule has 0 aliphatic carbocycles. The molecule has 0 saturated heterocycles. The second-order valence-corrected chi connectivity index (χ2v) is 6.03. The molecule has 0 atom stereocenters. The first-order chi connectivity index (χ1) is 13.7. The largest absolute Gasteiger partial charge is 0.347 e. The number of aromatic nitrogens is 5. The fourth-order valence-electron chi connectivity index (χ4n) is 2.69. The molecule has 9 nitrogen and oxygen atoms in total. The molecule has 3 heterocycles. The normalized spacial score (nSPS) is 10.9. The number of nitrogens with one attached hydrogen (secondary N) is 1. The van der Waals surface area contributed by atoms with E-state index in [0.29, 0.717) is 22.6 Å². The van der Waals surface area contributed by atoms with Crippen LogP contribution in [0.2, 0.25) is 0 Å². The van der Waals surface area contributed by atoms with E-state index in [1.54, 1.807) is 42.7 Å². The summed E-state index contributed by atoms with van der Waals surface area (Å²) < 4.78 is 6.56. The van der Waals surface area contributed by atoms with Crippen LogP contribution in [0.5, 0.6) is 0 Å². The smallest absolute Gasteiger partial charge is 0.261 e. The molecule has 0 radical (unpaired) electrons. The van der Waals surface area contributed by atoms with E-state index in [4.69, 9.17) is 4.52 Å². The first kappa shape index (κ1) is 17.5. The number of hydrogen-bond donors (Lipinski definition) is 1. The van der Waals surface area contributed by atoms with E-state index >= 15 is 0 Å². The average molecular weight is 376 g/mol. The Morgan fingerprint density at radius 2 is 1.96 bits per heavy atom. The highest BCUT2D eigenvalue weighted by molar-refractivity contribution is 5.77. The first-order valence-corrected chi connectivity index (χ1v) is 8.64. The van der Waals surface area contributed by atoms with E-state index in [1.165, 1.54) is 10.9 Å². The van der Waals surface area contributed by atoms with Gasteiger partial charge in [-0.3, -0.25) is 19.1 Å². The number of carbonyl (C=O) groups excluding carboxylic acids is 1. The minimum absolute atomic E-state index is 0.113. The van der Waals surface area contributed by atoms with Crippen LogP contribution >= 0.6 is 0 Å². The van der Waals surface area contributed by atoms with Gasteiger partial charge in [-0.1, -0.05) is 17.3 Å². The lowest BCUT2D eigenvalue weighted by atomic mass is 10.2. The van der Waals surface area contributed by atoms with E-state index in [-0.39, 0.29) is 31.0 Å². The van der Waals surface area contributed by atoms with Crippen molar-refractivity contribution in [3.63, 3.8) is 0 Å². The maximum atomic E-state index is 12.4.